The summed E-state index contributed by atoms with van der Waals surface area (Å²) in [7, 11) is 1.49. The Hall–Kier alpha value is -5.41. The second kappa shape index (κ2) is 12.1. The van der Waals surface area contributed by atoms with E-state index in [0.29, 0.717) is 33.3 Å². The van der Waals surface area contributed by atoms with Crippen molar-refractivity contribution in [2.24, 2.45) is 23.7 Å². The number of imide groups is 2. The highest BCUT2D eigenvalue weighted by Gasteiger charge is 2.70. The number of fused-ring (bicyclic) bond motifs is 4. The number of methoxy groups -OCH3 is 1. The van der Waals surface area contributed by atoms with Crippen molar-refractivity contribution in [2.75, 3.05) is 17.4 Å². The number of hydrogen-bond donors (Lipinski definition) is 2. The molecule has 9 nitrogen and oxygen atoms in total. The van der Waals surface area contributed by atoms with Gasteiger partial charge in [-0.3, -0.25) is 24.6 Å². The number of hydrogen-bond acceptors (Lipinski definition) is 7. The molecule has 2 aliphatic heterocycles. The van der Waals surface area contributed by atoms with Crippen molar-refractivity contribution in [3.63, 3.8) is 0 Å². The number of halogens is 1. The van der Waals surface area contributed by atoms with Crippen LogP contribution in [0.25, 0.3) is 0 Å². The zero-order chi connectivity index (χ0) is 35.8. The first-order valence-electron chi connectivity index (χ1n) is 17.0. The van der Waals surface area contributed by atoms with Crippen LogP contribution in [-0.4, -0.2) is 40.9 Å². The summed E-state index contributed by atoms with van der Waals surface area (Å²) in [6.45, 7) is 3.81. The van der Waals surface area contributed by atoms with Gasteiger partial charge in [-0.1, -0.05) is 83.4 Å². The van der Waals surface area contributed by atoms with E-state index in [0.717, 1.165) is 21.7 Å². The van der Waals surface area contributed by atoms with Crippen LogP contribution in [0.1, 0.15) is 41.0 Å². The van der Waals surface area contributed by atoms with Crippen LogP contribution in [0.2, 0.25) is 5.02 Å². The van der Waals surface area contributed by atoms with Crippen molar-refractivity contribution in [3.8, 4) is 11.5 Å². The topological polar surface area (TPSA) is 116 Å². The van der Waals surface area contributed by atoms with Crippen LogP contribution in [-0.2, 0) is 24.6 Å². The van der Waals surface area contributed by atoms with E-state index in [1.807, 2.05) is 74.5 Å². The Bertz CT molecular complexity index is 2150. The van der Waals surface area contributed by atoms with Crippen molar-refractivity contribution in [1.82, 2.24) is 5.01 Å². The van der Waals surface area contributed by atoms with Gasteiger partial charge in [0.25, 0.3) is 11.8 Å². The van der Waals surface area contributed by atoms with E-state index in [4.69, 9.17) is 16.3 Å². The summed E-state index contributed by atoms with van der Waals surface area (Å²) in [5.41, 5.74) is 6.52. The molecular weight excluding hydrogens is 666 g/mol. The number of benzene rings is 4. The molecule has 2 N–H and O–H groups in total. The van der Waals surface area contributed by atoms with E-state index in [1.54, 1.807) is 24.3 Å². The number of amides is 4. The number of aromatic hydroxyl groups is 1. The van der Waals surface area contributed by atoms with E-state index in [-0.39, 0.29) is 30.4 Å². The van der Waals surface area contributed by atoms with E-state index in [9.17, 15) is 19.5 Å². The third kappa shape index (κ3) is 4.82. The first kappa shape index (κ1) is 32.8. The first-order valence-corrected chi connectivity index (χ1v) is 17.4. The molecule has 4 aliphatic rings. The van der Waals surface area contributed by atoms with Crippen LogP contribution in [0, 0.1) is 37.5 Å². The molecule has 0 aromatic heterocycles. The van der Waals surface area contributed by atoms with Gasteiger partial charge in [-0.05, 0) is 74.1 Å². The molecule has 0 radical (unpaired) electrons. The number of allylic oxidation sites excluding steroid dienone is 2. The Morgan fingerprint density at radius 1 is 0.863 bits per heavy atom. The zero-order valence-corrected chi connectivity index (χ0v) is 29.1. The van der Waals surface area contributed by atoms with E-state index in [1.165, 1.54) is 24.1 Å². The molecule has 258 valence electrons. The largest absolute Gasteiger partial charge is 0.508 e. The monoisotopic (exact) mass is 701 g/mol. The lowest BCUT2D eigenvalue weighted by atomic mass is 9.49. The summed E-state index contributed by atoms with van der Waals surface area (Å²) < 4.78 is 5.85. The normalized spacial score (nSPS) is 26.8. The fourth-order valence-corrected chi connectivity index (χ4v) is 9.18. The highest BCUT2D eigenvalue weighted by atomic mass is 35.5. The number of aryl methyl sites for hydroxylation is 2. The predicted molar refractivity (Wildman–Crippen MR) is 192 cm³/mol. The van der Waals surface area contributed by atoms with Crippen LogP contribution in [0.4, 0.5) is 11.4 Å². The molecule has 2 aliphatic carbocycles. The Morgan fingerprint density at radius 2 is 1.61 bits per heavy atom. The number of carbonyl (C=O) groups excluding carboxylic acids is 4. The first-order chi connectivity index (χ1) is 24.6. The van der Waals surface area contributed by atoms with Gasteiger partial charge in [-0.15, -0.1) is 0 Å². The van der Waals surface area contributed by atoms with Crippen molar-refractivity contribution in [2.45, 2.75) is 38.0 Å². The minimum absolute atomic E-state index is 0.0218. The number of rotatable bonds is 6. The Labute approximate surface area is 300 Å². The molecule has 4 aromatic rings. The molecule has 8 rings (SSSR count). The fourth-order valence-electron chi connectivity index (χ4n) is 9.01. The summed E-state index contributed by atoms with van der Waals surface area (Å²) in [4.78, 5) is 60.0. The Balaban J connectivity index is 1.33. The summed E-state index contributed by atoms with van der Waals surface area (Å²) in [6, 6.07) is 26.6. The SMILES string of the molecule is COc1cc(O)ccc1[C@H]1C2=CC[C@@H]3C(=O)N(c4ccc(C)c(Cl)c4)C(=O)[C@@H]3[C@@H]2C[C@H]2C(=O)N(Nc3ccc(C)cc3)C(=O)[C@@]12c1ccccc1. The van der Waals surface area contributed by atoms with Gasteiger partial charge in [0.15, 0.2) is 0 Å². The highest BCUT2D eigenvalue weighted by molar-refractivity contribution is 6.32. The highest BCUT2D eigenvalue weighted by Crippen LogP contribution is 2.65. The molecule has 3 fully saturated rings. The maximum Gasteiger partial charge on any atom is 0.260 e. The Morgan fingerprint density at radius 3 is 2.31 bits per heavy atom. The van der Waals surface area contributed by atoms with Gasteiger partial charge < -0.3 is 9.84 Å². The summed E-state index contributed by atoms with van der Waals surface area (Å²) in [5.74, 6) is -4.86. The number of phenolic OH excluding ortho intramolecular Hbond substituents is 1. The molecule has 2 saturated heterocycles. The van der Waals surface area contributed by atoms with Gasteiger partial charge in [0.1, 0.15) is 11.5 Å². The lowest BCUT2D eigenvalue weighted by Crippen LogP contribution is -2.53. The van der Waals surface area contributed by atoms with Gasteiger partial charge in [-0.2, -0.15) is 5.01 Å². The molecule has 51 heavy (non-hydrogen) atoms. The van der Waals surface area contributed by atoms with Crippen molar-refractivity contribution < 1.29 is 29.0 Å². The number of carbonyl (C=O) groups is 4. The van der Waals surface area contributed by atoms with E-state index < -0.39 is 46.8 Å². The molecular formula is C41H36ClN3O6. The third-order valence-corrected chi connectivity index (χ3v) is 11.7. The van der Waals surface area contributed by atoms with Crippen molar-refractivity contribution >= 4 is 46.6 Å². The molecule has 1 saturated carbocycles. The van der Waals surface area contributed by atoms with Gasteiger partial charge >= 0.3 is 0 Å². The van der Waals surface area contributed by atoms with Gasteiger partial charge in [0, 0.05) is 22.6 Å². The summed E-state index contributed by atoms with van der Waals surface area (Å²) >= 11 is 6.45. The third-order valence-electron chi connectivity index (χ3n) is 11.3. The Kier molecular flexibility index (Phi) is 7.79. The maximum atomic E-state index is 15.3. The minimum Gasteiger partial charge on any atom is -0.508 e. The van der Waals surface area contributed by atoms with E-state index >= 15 is 4.79 Å². The molecule has 10 heteroatoms. The quantitative estimate of drug-likeness (QED) is 0.167. The summed E-state index contributed by atoms with van der Waals surface area (Å²) in [6.07, 6.45) is 2.43. The number of phenols is 1. The number of ether oxygens (including phenoxy) is 1. The average Bonchev–Trinajstić information content (AvgIpc) is 3.51. The van der Waals surface area contributed by atoms with Crippen LogP contribution in [0.3, 0.4) is 0 Å². The number of nitrogens with zero attached hydrogens (tertiary/aromatic N) is 2. The van der Waals surface area contributed by atoms with E-state index in [2.05, 4.69) is 5.43 Å². The van der Waals surface area contributed by atoms with Crippen LogP contribution in [0.5, 0.6) is 11.5 Å². The molecule has 2 heterocycles. The van der Waals surface area contributed by atoms with Crippen LogP contribution >= 0.6 is 11.6 Å². The number of hydrazine groups is 1. The molecule has 0 bridgehead atoms. The average molecular weight is 702 g/mol. The standard InChI is InChI=1S/C41H36ClN3O6/c1-22-9-12-25(13-10-22)43-45-38(48)32-21-31-28(17-18-30-35(31)39(49)44(37(30)47)26-14-11-23(2)33(42)19-26)36(29-16-15-27(46)20-34(29)51-3)41(32,40(45)50)24-7-5-4-6-8-24/h4-17,19-20,30-32,35-36,43,46H,18,21H2,1-3H3/t30-,31+,32-,35-,36+,41+/m0/s1. The second-order valence-electron chi connectivity index (χ2n) is 14.0. The molecule has 0 unspecified atom stereocenters. The molecule has 0 spiro atoms. The number of nitrogens with one attached hydrogen (secondary N) is 1. The molecule has 4 aromatic carbocycles. The van der Waals surface area contributed by atoms with Gasteiger partial charge in [0.05, 0.1) is 41.7 Å². The zero-order valence-electron chi connectivity index (χ0n) is 28.3. The smallest absolute Gasteiger partial charge is 0.260 e. The lowest BCUT2D eigenvalue weighted by Gasteiger charge is -2.50. The molecule has 4 amide bonds. The lowest BCUT2D eigenvalue weighted by molar-refractivity contribution is -0.138. The van der Waals surface area contributed by atoms with Crippen LogP contribution in [0.15, 0.2) is 103 Å². The van der Waals surface area contributed by atoms with Gasteiger partial charge in [-0.25, -0.2) is 4.90 Å². The maximum absolute atomic E-state index is 15.3. The second-order valence-corrected chi connectivity index (χ2v) is 14.4. The van der Waals surface area contributed by atoms with Crippen LogP contribution < -0.4 is 15.1 Å². The fraction of sp³-hybridized carbons (Fsp3) is 0.268. The number of anilines is 2. The predicted octanol–water partition coefficient (Wildman–Crippen LogP) is 6.86. The van der Waals surface area contributed by atoms with Gasteiger partial charge in [0.2, 0.25) is 11.8 Å². The van der Waals surface area contributed by atoms with Crippen molar-refractivity contribution in [1.29, 1.82) is 0 Å². The van der Waals surface area contributed by atoms with Crippen molar-refractivity contribution in [3.05, 3.63) is 130 Å². The summed E-state index contributed by atoms with van der Waals surface area (Å²) in [5, 5.41) is 12.1. The minimum atomic E-state index is -1.45. The molecule has 6 atom stereocenters.